The van der Waals surface area contributed by atoms with Crippen molar-refractivity contribution in [1.82, 2.24) is 9.88 Å². The van der Waals surface area contributed by atoms with Gasteiger partial charge >= 0.3 is 6.03 Å². The van der Waals surface area contributed by atoms with E-state index >= 15 is 0 Å². The number of anilines is 1. The van der Waals surface area contributed by atoms with Crippen molar-refractivity contribution in [2.24, 2.45) is 0 Å². The van der Waals surface area contributed by atoms with Gasteiger partial charge in [-0.15, -0.1) is 0 Å². The maximum absolute atomic E-state index is 11.7. The second-order valence-corrected chi connectivity index (χ2v) is 3.81. The number of rotatable bonds is 1. The molecule has 2 rings (SSSR count). The minimum absolute atomic E-state index is 0.0156. The Morgan fingerprint density at radius 1 is 1.40 bits per heavy atom. The molecular weight excluding hydrogens is 190 g/mol. The normalized spacial score (nSPS) is 15.4. The summed E-state index contributed by atoms with van der Waals surface area (Å²) < 4.78 is 0. The van der Waals surface area contributed by atoms with Gasteiger partial charge in [0.25, 0.3) is 0 Å². The number of nitrogens with one attached hydrogen (secondary N) is 1. The zero-order valence-electron chi connectivity index (χ0n) is 8.86. The number of carbonyl (C=O) groups is 1. The molecule has 2 amide bonds. The number of amides is 2. The van der Waals surface area contributed by atoms with Crippen LogP contribution in [0.5, 0.6) is 0 Å². The minimum atomic E-state index is -0.0156. The van der Waals surface area contributed by atoms with Crippen LogP contribution in [0, 0.1) is 6.92 Å². The highest BCUT2D eigenvalue weighted by molar-refractivity contribution is 5.89. The van der Waals surface area contributed by atoms with Crippen LogP contribution in [0.2, 0.25) is 0 Å². The van der Waals surface area contributed by atoms with Crippen LogP contribution in [0.1, 0.15) is 18.5 Å². The van der Waals surface area contributed by atoms with E-state index in [1.807, 2.05) is 24.0 Å². The number of aromatic nitrogens is 1. The predicted octanol–water partition coefficient (Wildman–Crippen LogP) is 2.02. The first-order valence-electron chi connectivity index (χ1n) is 5.24. The van der Waals surface area contributed by atoms with Crippen molar-refractivity contribution < 1.29 is 4.79 Å². The molecule has 0 spiro atoms. The van der Waals surface area contributed by atoms with E-state index in [4.69, 9.17) is 0 Å². The van der Waals surface area contributed by atoms with E-state index in [-0.39, 0.29) is 6.03 Å². The monoisotopic (exact) mass is 205 g/mol. The standard InChI is InChI=1S/C11H15N3O/c1-9-4-5-10(8-12-9)13-11(15)14-6-2-3-7-14/h4-5,8H,2-3,6-7H2,1H3,(H,13,15). The lowest BCUT2D eigenvalue weighted by Crippen LogP contribution is -2.32. The van der Waals surface area contributed by atoms with Gasteiger partial charge in [0.05, 0.1) is 11.9 Å². The van der Waals surface area contributed by atoms with E-state index < -0.39 is 0 Å². The fraction of sp³-hybridized carbons (Fsp3) is 0.455. The molecule has 0 aliphatic carbocycles. The second-order valence-electron chi connectivity index (χ2n) is 3.81. The highest BCUT2D eigenvalue weighted by atomic mass is 16.2. The summed E-state index contributed by atoms with van der Waals surface area (Å²) in [6, 6.07) is 3.74. The molecule has 1 N–H and O–H groups in total. The van der Waals surface area contributed by atoms with Crippen LogP contribution in [0.3, 0.4) is 0 Å². The van der Waals surface area contributed by atoms with Gasteiger partial charge in [-0.2, -0.15) is 0 Å². The van der Waals surface area contributed by atoms with Crippen molar-refractivity contribution in [2.45, 2.75) is 19.8 Å². The number of hydrogen-bond donors (Lipinski definition) is 1. The number of hydrogen-bond acceptors (Lipinski definition) is 2. The summed E-state index contributed by atoms with van der Waals surface area (Å²) in [6.45, 7) is 3.66. The van der Waals surface area contributed by atoms with Gasteiger partial charge in [0, 0.05) is 18.8 Å². The average Bonchev–Trinajstić information content (AvgIpc) is 2.74. The fourth-order valence-electron chi connectivity index (χ4n) is 1.66. The summed E-state index contributed by atoms with van der Waals surface area (Å²) in [7, 11) is 0. The Morgan fingerprint density at radius 2 is 2.13 bits per heavy atom. The highest BCUT2D eigenvalue weighted by Crippen LogP contribution is 2.11. The molecule has 4 heteroatoms. The van der Waals surface area contributed by atoms with Crippen LogP contribution < -0.4 is 5.32 Å². The molecule has 1 saturated heterocycles. The van der Waals surface area contributed by atoms with E-state index in [9.17, 15) is 4.79 Å². The molecule has 1 aliphatic heterocycles. The van der Waals surface area contributed by atoms with Gasteiger partial charge in [-0.1, -0.05) is 0 Å². The molecule has 1 aromatic rings. The summed E-state index contributed by atoms with van der Waals surface area (Å²) >= 11 is 0. The molecule has 1 fully saturated rings. The van der Waals surface area contributed by atoms with Crippen molar-refractivity contribution in [1.29, 1.82) is 0 Å². The molecule has 1 aliphatic rings. The summed E-state index contributed by atoms with van der Waals surface area (Å²) in [4.78, 5) is 17.6. The Morgan fingerprint density at radius 3 is 2.73 bits per heavy atom. The van der Waals surface area contributed by atoms with Crippen molar-refractivity contribution in [3.63, 3.8) is 0 Å². The lowest BCUT2D eigenvalue weighted by molar-refractivity contribution is 0.222. The van der Waals surface area contributed by atoms with Crippen molar-refractivity contribution in [2.75, 3.05) is 18.4 Å². The Kier molecular flexibility index (Phi) is 2.85. The molecule has 15 heavy (non-hydrogen) atoms. The van der Waals surface area contributed by atoms with Crippen LogP contribution in [0.15, 0.2) is 18.3 Å². The van der Waals surface area contributed by atoms with E-state index in [1.54, 1.807) is 6.20 Å². The van der Waals surface area contributed by atoms with Gasteiger partial charge < -0.3 is 10.2 Å². The molecule has 0 saturated carbocycles. The predicted molar refractivity (Wildman–Crippen MR) is 58.8 cm³/mol. The molecule has 0 radical (unpaired) electrons. The van der Waals surface area contributed by atoms with Gasteiger partial charge in [-0.05, 0) is 31.9 Å². The molecule has 0 atom stereocenters. The minimum Gasteiger partial charge on any atom is -0.325 e. The van der Waals surface area contributed by atoms with E-state index in [1.165, 1.54) is 0 Å². The van der Waals surface area contributed by atoms with Gasteiger partial charge in [-0.25, -0.2) is 4.79 Å². The number of pyridine rings is 1. The van der Waals surface area contributed by atoms with Crippen LogP contribution in [0.4, 0.5) is 10.5 Å². The number of likely N-dealkylation sites (tertiary alicyclic amines) is 1. The first kappa shape index (κ1) is 9.96. The van der Waals surface area contributed by atoms with Crippen LogP contribution >= 0.6 is 0 Å². The lowest BCUT2D eigenvalue weighted by atomic mass is 10.3. The number of nitrogens with zero attached hydrogens (tertiary/aromatic N) is 2. The summed E-state index contributed by atoms with van der Waals surface area (Å²) in [5, 5.41) is 2.84. The first-order chi connectivity index (χ1) is 7.25. The molecule has 80 valence electrons. The van der Waals surface area contributed by atoms with E-state index in [0.717, 1.165) is 37.3 Å². The number of urea groups is 1. The first-order valence-corrected chi connectivity index (χ1v) is 5.24. The Labute approximate surface area is 89.3 Å². The van der Waals surface area contributed by atoms with Gasteiger partial charge in [0.15, 0.2) is 0 Å². The van der Waals surface area contributed by atoms with Crippen LogP contribution in [-0.4, -0.2) is 29.0 Å². The third kappa shape index (κ3) is 2.46. The Hall–Kier alpha value is -1.58. The quantitative estimate of drug-likeness (QED) is 0.762. The fourth-order valence-corrected chi connectivity index (χ4v) is 1.66. The Bertz CT molecular complexity index is 341. The molecule has 2 heterocycles. The van der Waals surface area contributed by atoms with Crippen molar-refractivity contribution >= 4 is 11.7 Å². The average molecular weight is 205 g/mol. The van der Waals surface area contributed by atoms with Crippen molar-refractivity contribution in [3.05, 3.63) is 24.0 Å². The summed E-state index contributed by atoms with van der Waals surface area (Å²) in [6.07, 6.45) is 3.91. The third-order valence-electron chi connectivity index (χ3n) is 2.56. The molecule has 0 aromatic carbocycles. The highest BCUT2D eigenvalue weighted by Gasteiger charge is 2.17. The zero-order chi connectivity index (χ0) is 10.7. The van der Waals surface area contributed by atoms with Crippen LogP contribution in [-0.2, 0) is 0 Å². The van der Waals surface area contributed by atoms with Gasteiger partial charge in [0.1, 0.15) is 0 Å². The zero-order valence-corrected chi connectivity index (χ0v) is 8.86. The van der Waals surface area contributed by atoms with Gasteiger partial charge in [0.2, 0.25) is 0 Å². The largest absolute Gasteiger partial charge is 0.325 e. The topological polar surface area (TPSA) is 45.2 Å². The van der Waals surface area contributed by atoms with E-state index in [0.29, 0.717) is 0 Å². The van der Waals surface area contributed by atoms with E-state index in [2.05, 4.69) is 10.3 Å². The number of aryl methyl sites for hydroxylation is 1. The third-order valence-corrected chi connectivity index (χ3v) is 2.56. The SMILES string of the molecule is Cc1ccc(NC(=O)N2CCCC2)cn1. The molecule has 0 bridgehead atoms. The molecular formula is C11H15N3O. The second kappa shape index (κ2) is 4.29. The number of carbonyl (C=O) groups excluding carboxylic acids is 1. The lowest BCUT2D eigenvalue weighted by Gasteiger charge is -2.15. The van der Waals surface area contributed by atoms with Gasteiger partial charge in [-0.3, -0.25) is 4.98 Å². The molecule has 0 unspecified atom stereocenters. The Balaban J connectivity index is 1.96. The summed E-state index contributed by atoms with van der Waals surface area (Å²) in [5.41, 5.74) is 1.71. The molecule has 1 aromatic heterocycles. The maximum Gasteiger partial charge on any atom is 0.321 e. The molecule has 4 nitrogen and oxygen atoms in total. The van der Waals surface area contributed by atoms with Crippen molar-refractivity contribution in [3.8, 4) is 0 Å². The van der Waals surface area contributed by atoms with Crippen LogP contribution in [0.25, 0.3) is 0 Å². The summed E-state index contributed by atoms with van der Waals surface area (Å²) in [5.74, 6) is 0. The maximum atomic E-state index is 11.7. The smallest absolute Gasteiger partial charge is 0.321 e.